The number of alkyl halides is 3. The van der Waals surface area contributed by atoms with Gasteiger partial charge in [-0.25, -0.2) is 13.8 Å². The number of hydrogen-bond donors (Lipinski definition) is 2. The van der Waals surface area contributed by atoms with Crippen LogP contribution in [0.2, 0.25) is 0 Å². The molecule has 33 heavy (non-hydrogen) atoms. The first-order chi connectivity index (χ1) is 15.7. The number of nitrogens with zero attached hydrogens (tertiary/aromatic N) is 2. The maximum absolute atomic E-state index is 14.2. The number of aromatic nitrogens is 2. The van der Waals surface area contributed by atoms with E-state index in [1.807, 2.05) is 0 Å². The molecule has 0 atom stereocenters. The molecule has 10 heteroatoms. The Morgan fingerprint density at radius 1 is 0.909 bits per heavy atom. The van der Waals surface area contributed by atoms with Gasteiger partial charge in [-0.2, -0.15) is 4.98 Å². The number of anilines is 3. The van der Waals surface area contributed by atoms with Crippen LogP contribution in [-0.2, 0) is 0 Å². The Balaban J connectivity index is 1.69. The molecule has 174 valence electrons. The molecule has 0 amide bonds. The summed E-state index contributed by atoms with van der Waals surface area (Å²) < 4.78 is 69.7. The summed E-state index contributed by atoms with van der Waals surface area (Å²) >= 11 is 0. The van der Waals surface area contributed by atoms with Crippen molar-refractivity contribution in [3.8, 4) is 17.0 Å². The Bertz CT molecular complexity index is 1120. The van der Waals surface area contributed by atoms with Gasteiger partial charge in [-0.1, -0.05) is 31.4 Å². The van der Waals surface area contributed by atoms with E-state index in [0.29, 0.717) is 5.56 Å². The lowest BCUT2D eigenvalue weighted by molar-refractivity contribution is -0.274. The predicted molar refractivity (Wildman–Crippen MR) is 114 cm³/mol. The zero-order valence-corrected chi connectivity index (χ0v) is 17.4. The molecule has 1 heterocycles. The minimum absolute atomic E-state index is 0.127. The van der Waals surface area contributed by atoms with Crippen LogP contribution < -0.4 is 15.4 Å². The minimum atomic E-state index is -4.83. The fourth-order valence-electron chi connectivity index (χ4n) is 3.74. The molecule has 1 fully saturated rings. The van der Waals surface area contributed by atoms with E-state index >= 15 is 0 Å². The summed E-state index contributed by atoms with van der Waals surface area (Å²) in [4.78, 5) is 8.82. The Morgan fingerprint density at radius 2 is 1.70 bits per heavy atom. The van der Waals surface area contributed by atoms with E-state index in [-0.39, 0.29) is 29.2 Å². The largest absolute Gasteiger partial charge is 0.573 e. The monoisotopic (exact) mass is 464 g/mol. The Hall–Kier alpha value is -3.43. The van der Waals surface area contributed by atoms with Crippen molar-refractivity contribution in [1.29, 1.82) is 0 Å². The van der Waals surface area contributed by atoms with Crippen molar-refractivity contribution in [2.24, 2.45) is 0 Å². The molecule has 0 aliphatic heterocycles. The molecule has 3 aromatic rings. The summed E-state index contributed by atoms with van der Waals surface area (Å²) in [5.74, 6) is -1.32. The third-order valence-corrected chi connectivity index (χ3v) is 5.22. The van der Waals surface area contributed by atoms with Crippen LogP contribution in [0, 0.1) is 11.6 Å². The molecule has 5 nitrogen and oxygen atoms in total. The Labute approximate surface area is 187 Å². The first kappa shape index (κ1) is 22.8. The van der Waals surface area contributed by atoms with Crippen LogP contribution in [0.4, 0.5) is 39.4 Å². The molecule has 1 aromatic heterocycles. The van der Waals surface area contributed by atoms with Gasteiger partial charge >= 0.3 is 6.36 Å². The quantitative estimate of drug-likeness (QED) is 0.393. The standard InChI is InChI=1S/C23H21F5N4O/c24-15-9-10-18(25)20(12-15)30-21-13-19(14-5-4-8-17(11-14)33-23(26,27)28)31-22(32-21)29-16-6-2-1-3-7-16/h4-5,8-13,16H,1-3,6-7H2,(H2,29,30,31,32). The van der Waals surface area contributed by atoms with Gasteiger partial charge in [0.1, 0.15) is 23.2 Å². The molecular formula is C23H21F5N4O. The molecule has 0 saturated heterocycles. The van der Waals surface area contributed by atoms with Crippen molar-refractivity contribution in [2.45, 2.75) is 44.5 Å². The molecule has 1 aliphatic carbocycles. The maximum atomic E-state index is 14.2. The predicted octanol–water partition coefficient (Wildman–Crippen LogP) is 6.81. The van der Waals surface area contributed by atoms with Crippen LogP contribution in [0.1, 0.15) is 32.1 Å². The van der Waals surface area contributed by atoms with E-state index in [9.17, 15) is 22.0 Å². The van der Waals surface area contributed by atoms with E-state index in [0.717, 1.165) is 50.3 Å². The van der Waals surface area contributed by atoms with Crippen LogP contribution in [0.3, 0.4) is 0 Å². The first-order valence-electron chi connectivity index (χ1n) is 10.5. The molecule has 1 aliphatic rings. The number of hydrogen-bond acceptors (Lipinski definition) is 5. The zero-order valence-electron chi connectivity index (χ0n) is 17.4. The van der Waals surface area contributed by atoms with Gasteiger partial charge in [-0.05, 0) is 37.1 Å². The molecule has 0 unspecified atom stereocenters. The lowest BCUT2D eigenvalue weighted by Gasteiger charge is -2.23. The van der Waals surface area contributed by atoms with E-state index in [4.69, 9.17) is 0 Å². The molecule has 0 spiro atoms. The van der Waals surface area contributed by atoms with Gasteiger partial charge in [-0.15, -0.1) is 13.2 Å². The fraction of sp³-hybridized carbons (Fsp3) is 0.304. The Kier molecular flexibility index (Phi) is 6.62. The van der Waals surface area contributed by atoms with Crippen LogP contribution in [0.5, 0.6) is 5.75 Å². The van der Waals surface area contributed by atoms with Crippen LogP contribution >= 0.6 is 0 Å². The van der Waals surface area contributed by atoms with Gasteiger partial charge < -0.3 is 15.4 Å². The number of benzene rings is 2. The van der Waals surface area contributed by atoms with Crippen molar-refractivity contribution >= 4 is 17.5 Å². The molecule has 2 aromatic carbocycles. The Morgan fingerprint density at radius 3 is 2.45 bits per heavy atom. The lowest BCUT2D eigenvalue weighted by atomic mass is 9.96. The molecule has 4 rings (SSSR count). The van der Waals surface area contributed by atoms with Gasteiger partial charge in [0, 0.05) is 23.7 Å². The highest BCUT2D eigenvalue weighted by molar-refractivity contribution is 5.68. The average molecular weight is 464 g/mol. The second kappa shape index (κ2) is 9.60. The SMILES string of the molecule is Fc1ccc(F)c(Nc2cc(-c3cccc(OC(F)(F)F)c3)nc(NC3CCCCC3)n2)c1. The second-order valence-corrected chi connectivity index (χ2v) is 7.77. The van der Waals surface area contributed by atoms with E-state index in [1.165, 1.54) is 24.3 Å². The lowest BCUT2D eigenvalue weighted by Crippen LogP contribution is -2.23. The fourth-order valence-corrected chi connectivity index (χ4v) is 3.74. The molecule has 2 N–H and O–H groups in total. The van der Waals surface area contributed by atoms with Crippen molar-refractivity contribution in [1.82, 2.24) is 9.97 Å². The molecule has 0 bridgehead atoms. The maximum Gasteiger partial charge on any atom is 0.573 e. The van der Waals surface area contributed by atoms with Gasteiger partial charge in [0.05, 0.1) is 11.4 Å². The van der Waals surface area contributed by atoms with E-state index < -0.39 is 23.7 Å². The van der Waals surface area contributed by atoms with Crippen LogP contribution in [0.25, 0.3) is 11.3 Å². The first-order valence-corrected chi connectivity index (χ1v) is 10.5. The zero-order chi connectivity index (χ0) is 23.4. The van der Waals surface area contributed by atoms with Gasteiger partial charge in [0.2, 0.25) is 5.95 Å². The van der Waals surface area contributed by atoms with Crippen LogP contribution in [0.15, 0.2) is 48.5 Å². The summed E-state index contributed by atoms with van der Waals surface area (Å²) in [5, 5.41) is 5.99. The molecular weight excluding hydrogens is 443 g/mol. The highest BCUT2D eigenvalue weighted by Gasteiger charge is 2.31. The molecule has 1 saturated carbocycles. The number of nitrogens with one attached hydrogen (secondary N) is 2. The van der Waals surface area contributed by atoms with Crippen molar-refractivity contribution < 1.29 is 26.7 Å². The van der Waals surface area contributed by atoms with Gasteiger partial charge in [0.15, 0.2) is 0 Å². The smallest absolute Gasteiger partial charge is 0.406 e. The summed E-state index contributed by atoms with van der Waals surface area (Å²) in [7, 11) is 0. The van der Waals surface area contributed by atoms with Crippen LogP contribution in [-0.4, -0.2) is 22.4 Å². The van der Waals surface area contributed by atoms with Crippen molar-refractivity contribution in [3.05, 3.63) is 60.2 Å². The minimum Gasteiger partial charge on any atom is -0.406 e. The average Bonchev–Trinajstić information content (AvgIpc) is 2.76. The van der Waals surface area contributed by atoms with Crippen molar-refractivity contribution in [3.63, 3.8) is 0 Å². The van der Waals surface area contributed by atoms with Crippen molar-refractivity contribution in [2.75, 3.05) is 10.6 Å². The third kappa shape index (κ3) is 6.30. The van der Waals surface area contributed by atoms with Gasteiger partial charge in [-0.3, -0.25) is 0 Å². The summed E-state index contributed by atoms with van der Waals surface area (Å²) in [6, 6.07) is 9.93. The summed E-state index contributed by atoms with van der Waals surface area (Å²) in [6.07, 6.45) is 0.311. The van der Waals surface area contributed by atoms with E-state index in [2.05, 4.69) is 25.3 Å². The summed E-state index contributed by atoms with van der Waals surface area (Å²) in [6.45, 7) is 0. The number of rotatable bonds is 6. The highest BCUT2D eigenvalue weighted by Crippen LogP contribution is 2.30. The normalized spacial score (nSPS) is 14.7. The number of ether oxygens (including phenoxy) is 1. The highest BCUT2D eigenvalue weighted by atomic mass is 19.4. The topological polar surface area (TPSA) is 59.1 Å². The summed E-state index contributed by atoms with van der Waals surface area (Å²) in [5.41, 5.74) is 0.501. The third-order valence-electron chi connectivity index (χ3n) is 5.22. The number of halogens is 5. The van der Waals surface area contributed by atoms with E-state index in [1.54, 1.807) is 6.07 Å². The second-order valence-electron chi connectivity index (χ2n) is 7.77. The van der Waals surface area contributed by atoms with Gasteiger partial charge in [0.25, 0.3) is 0 Å². The molecule has 0 radical (unpaired) electrons.